The molecule has 0 unspecified atom stereocenters. The van der Waals surface area contributed by atoms with E-state index in [9.17, 15) is 4.79 Å². The van der Waals surface area contributed by atoms with Gasteiger partial charge < -0.3 is 5.32 Å². The highest BCUT2D eigenvalue weighted by atomic mass is 16.1. The maximum atomic E-state index is 12.1. The number of amides is 1. The Labute approximate surface area is 193 Å². The smallest absolute Gasteiger partial charge is 0.224 e. The summed E-state index contributed by atoms with van der Waals surface area (Å²) in [6, 6.07) is 8.46. The molecule has 1 aromatic carbocycles. The minimum Gasteiger partial charge on any atom is -0.326 e. The van der Waals surface area contributed by atoms with Crippen LogP contribution in [0.5, 0.6) is 0 Å². The van der Waals surface area contributed by atoms with Crippen LogP contribution >= 0.6 is 0 Å². The zero-order valence-corrected chi connectivity index (χ0v) is 20.4. The Morgan fingerprint density at radius 2 is 1.26 bits per heavy atom. The maximum absolute atomic E-state index is 12.1. The summed E-state index contributed by atoms with van der Waals surface area (Å²) in [5, 5.41) is 3.05. The van der Waals surface area contributed by atoms with Crippen molar-refractivity contribution in [3.05, 3.63) is 42.5 Å². The van der Waals surface area contributed by atoms with Gasteiger partial charge in [-0.05, 0) is 49.8 Å². The molecular weight excluding hydrogens is 378 g/mol. The summed E-state index contributed by atoms with van der Waals surface area (Å²) in [6.45, 7) is 6.03. The summed E-state index contributed by atoms with van der Waals surface area (Å²) in [7, 11) is 0. The van der Waals surface area contributed by atoms with Gasteiger partial charge in [-0.15, -0.1) is 6.58 Å². The van der Waals surface area contributed by atoms with E-state index in [1.165, 1.54) is 95.5 Å². The van der Waals surface area contributed by atoms with Gasteiger partial charge in [0.15, 0.2) is 0 Å². The van der Waals surface area contributed by atoms with E-state index in [1.807, 2.05) is 6.08 Å². The molecule has 0 aliphatic rings. The first-order chi connectivity index (χ1) is 15.3. The summed E-state index contributed by atoms with van der Waals surface area (Å²) < 4.78 is 0. The molecule has 2 heteroatoms. The lowest BCUT2D eigenvalue weighted by Crippen LogP contribution is -2.11. The zero-order chi connectivity index (χ0) is 22.4. The van der Waals surface area contributed by atoms with Gasteiger partial charge in [0.05, 0.1) is 0 Å². The Morgan fingerprint density at radius 1 is 0.742 bits per heavy atom. The van der Waals surface area contributed by atoms with Gasteiger partial charge >= 0.3 is 0 Å². The second kappa shape index (κ2) is 20.3. The van der Waals surface area contributed by atoms with Gasteiger partial charge in [0.2, 0.25) is 5.91 Å². The SMILES string of the molecule is C=CCCCCCCCCC(=O)Nc1ccc(CCCCCCCCCCCC)cc1. The van der Waals surface area contributed by atoms with Crippen molar-refractivity contribution in [2.75, 3.05) is 5.32 Å². The van der Waals surface area contributed by atoms with E-state index in [4.69, 9.17) is 0 Å². The van der Waals surface area contributed by atoms with Crippen LogP contribution in [0.2, 0.25) is 0 Å². The molecule has 0 saturated carbocycles. The summed E-state index contributed by atoms with van der Waals surface area (Å²) in [5.74, 6) is 0.147. The molecule has 0 radical (unpaired) electrons. The van der Waals surface area contributed by atoms with Crippen LogP contribution in [0.1, 0.15) is 128 Å². The summed E-state index contributed by atoms with van der Waals surface area (Å²) in [4.78, 5) is 12.1. The number of rotatable bonds is 21. The van der Waals surface area contributed by atoms with Gasteiger partial charge in [0.25, 0.3) is 0 Å². The fourth-order valence-corrected chi connectivity index (χ4v) is 4.08. The minimum absolute atomic E-state index is 0.147. The van der Waals surface area contributed by atoms with E-state index in [2.05, 4.69) is 43.1 Å². The quantitative estimate of drug-likeness (QED) is 0.154. The lowest BCUT2D eigenvalue weighted by atomic mass is 10.0. The second-order valence-corrected chi connectivity index (χ2v) is 9.13. The van der Waals surface area contributed by atoms with Crippen molar-refractivity contribution in [1.29, 1.82) is 0 Å². The molecule has 176 valence electrons. The largest absolute Gasteiger partial charge is 0.326 e. The number of allylic oxidation sites excluding steroid dienone is 1. The molecule has 0 aliphatic carbocycles. The third-order valence-electron chi connectivity index (χ3n) is 6.12. The summed E-state index contributed by atoms with van der Waals surface area (Å²) in [6.07, 6.45) is 25.9. The van der Waals surface area contributed by atoms with Crippen LogP contribution in [0, 0.1) is 0 Å². The number of nitrogens with one attached hydrogen (secondary N) is 1. The third kappa shape index (κ3) is 16.8. The Morgan fingerprint density at radius 3 is 1.84 bits per heavy atom. The highest BCUT2D eigenvalue weighted by Crippen LogP contribution is 2.15. The molecule has 1 rings (SSSR count). The lowest BCUT2D eigenvalue weighted by Gasteiger charge is -2.07. The molecule has 2 nitrogen and oxygen atoms in total. The van der Waals surface area contributed by atoms with Crippen LogP contribution in [0.3, 0.4) is 0 Å². The number of unbranched alkanes of at least 4 members (excludes halogenated alkanes) is 15. The molecule has 0 bridgehead atoms. The molecule has 1 aromatic rings. The zero-order valence-electron chi connectivity index (χ0n) is 20.4. The van der Waals surface area contributed by atoms with E-state index in [0.717, 1.165) is 31.4 Å². The van der Waals surface area contributed by atoms with Crippen molar-refractivity contribution in [2.24, 2.45) is 0 Å². The number of carbonyl (C=O) groups is 1. The first-order valence-corrected chi connectivity index (χ1v) is 13.3. The Kier molecular flexibility index (Phi) is 18.0. The predicted octanol–water partition coefficient (Wildman–Crippen LogP) is 9.40. The standard InChI is InChI=1S/C29H49NO/c1-3-5-7-9-11-13-14-15-17-19-21-27-23-25-28(26-24-27)30-29(31)22-20-18-16-12-10-8-6-4-2/h4,23-26H,2-3,5-22H2,1H3,(H,30,31). The van der Waals surface area contributed by atoms with E-state index in [-0.39, 0.29) is 5.91 Å². The fraction of sp³-hybridized carbons (Fsp3) is 0.690. The van der Waals surface area contributed by atoms with Crippen LogP contribution in [-0.4, -0.2) is 5.91 Å². The molecular formula is C29H49NO. The molecule has 31 heavy (non-hydrogen) atoms. The normalized spacial score (nSPS) is 10.9. The van der Waals surface area contributed by atoms with Crippen molar-refractivity contribution < 1.29 is 4.79 Å². The number of carbonyl (C=O) groups excluding carboxylic acids is 1. The number of anilines is 1. The number of hydrogen-bond acceptors (Lipinski definition) is 1. The number of aryl methyl sites for hydroxylation is 1. The van der Waals surface area contributed by atoms with Crippen LogP contribution in [0.25, 0.3) is 0 Å². The van der Waals surface area contributed by atoms with Gasteiger partial charge in [-0.2, -0.15) is 0 Å². The van der Waals surface area contributed by atoms with E-state index >= 15 is 0 Å². The first-order valence-electron chi connectivity index (χ1n) is 13.3. The molecule has 0 saturated heterocycles. The Hall–Kier alpha value is -1.57. The highest BCUT2D eigenvalue weighted by molar-refractivity contribution is 5.90. The average molecular weight is 428 g/mol. The highest BCUT2D eigenvalue weighted by Gasteiger charge is 2.03. The topological polar surface area (TPSA) is 29.1 Å². The third-order valence-corrected chi connectivity index (χ3v) is 6.12. The Bertz CT molecular complexity index is 548. The molecule has 1 amide bonds. The van der Waals surface area contributed by atoms with Crippen molar-refractivity contribution in [1.82, 2.24) is 0 Å². The molecule has 0 spiro atoms. The lowest BCUT2D eigenvalue weighted by molar-refractivity contribution is -0.116. The van der Waals surface area contributed by atoms with E-state index in [0.29, 0.717) is 6.42 Å². The number of hydrogen-bond donors (Lipinski definition) is 1. The maximum Gasteiger partial charge on any atom is 0.224 e. The fourth-order valence-electron chi connectivity index (χ4n) is 4.08. The van der Waals surface area contributed by atoms with Crippen LogP contribution in [0.15, 0.2) is 36.9 Å². The monoisotopic (exact) mass is 427 g/mol. The molecule has 0 aromatic heterocycles. The second-order valence-electron chi connectivity index (χ2n) is 9.13. The minimum atomic E-state index is 0.147. The summed E-state index contributed by atoms with van der Waals surface area (Å²) in [5.41, 5.74) is 2.32. The molecule has 0 heterocycles. The van der Waals surface area contributed by atoms with Gasteiger partial charge in [-0.25, -0.2) is 0 Å². The predicted molar refractivity (Wildman–Crippen MR) is 138 cm³/mol. The van der Waals surface area contributed by atoms with Crippen LogP contribution < -0.4 is 5.32 Å². The van der Waals surface area contributed by atoms with Crippen molar-refractivity contribution in [3.8, 4) is 0 Å². The van der Waals surface area contributed by atoms with Crippen molar-refractivity contribution >= 4 is 11.6 Å². The van der Waals surface area contributed by atoms with Crippen molar-refractivity contribution in [2.45, 2.75) is 129 Å². The van der Waals surface area contributed by atoms with Crippen LogP contribution in [0.4, 0.5) is 5.69 Å². The average Bonchev–Trinajstić information content (AvgIpc) is 2.78. The van der Waals surface area contributed by atoms with Crippen LogP contribution in [-0.2, 0) is 11.2 Å². The van der Waals surface area contributed by atoms with Gasteiger partial charge in [0.1, 0.15) is 0 Å². The Balaban J connectivity index is 2.01. The van der Waals surface area contributed by atoms with Crippen molar-refractivity contribution in [3.63, 3.8) is 0 Å². The molecule has 0 fully saturated rings. The summed E-state index contributed by atoms with van der Waals surface area (Å²) >= 11 is 0. The molecule has 1 N–H and O–H groups in total. The number of benzene rings is 1. The molecule has 0 aliphatic heterocycles. The van der Waals surface area contributed by atoms with Gasteiger partial charge in [-0.3, -0.25) is 4.79 Å². The van der Waals surface area contributed by atoms with Gasteiger partial charge in [-0.1, -0.05) is 109 Å². The first kappa shape index (κ1) is 27.5. The van der Waals surface area contributed by atoms with E-state index in [1.54, 1.807) is 0 Å². The van der Waals surface area contributed by atoms with Gasteiger partial charge in [0, 0.05) is 12.1 Å². The van der Waals surface area contributed by atoms with E-state index < -0.39 is 0 Å². The molecule has 0 atom stereocenters.